The number of ether oxygens (including phenoxy) is 2. The first-order valence-corrected chi connectivity index (χ1v) is 9.98. The molecule has 1 N–H and O–H groups in total. The number of rotatable bonds is 8. The van der Waals surface area contributed by atoms with Gasteiger partial charge in [-0.2, -0.15) is 0 Å². The highest BCUT2D eigenvalue weighted by Crippen LogP contribution is 2.34. The van der Waals surface area contributed by atoms with Gasteiger partial charge in [0.15, 0.2) is 11.5 Å². The van der Waals surface area contributed by atoms with E-state index >= 15 is 0 Å². The van der Waals surface area contributed by atoms with Crippen molar-refractivity contribution in [3.05, 3.63) is 92.2 Å². The lowest BCUT2D eigenvalue weighted by Gasteiger charge is -2.15. The first-order valence-electron chi connectivity index (χ1n) is 8.84. The van der Waals surface area contributed by atoms with Gasteiger partial charge in [-0.3, -0.25) is 0 Å². The summed E-state index contributed by atoms with van der Waals surface area (Å²) in [6.45, 7) is 1.37. The van der Waals surface area contributed by atoms with Gasteiger partial charge < -0.3 is 14.8 Å². The normalized spacial score (nSPS) is 10.8. The van der Waals surface area contributed by atoms with Crippen LogP contribution in [0, 0.1) is 5.82 Å². The van der Waals surface area contributed by atoms with Gasteiger partial charge in [0.1, 0.15) is 12.4 Å². The van der Waals surface area contributed by atoms with Gasteiger partial charge in [0, 0.05) is 39.8 Å². The largest absolute Gasteiger partial charge is 0.493 e. The van der Waals surface area contributed by atoms with Crippen LogP contribution in [0.3, 0.4) is 0 Å². The Morgan fingerprint density at radius 3 is 2.24 bits per heavy atom. The van der Waals surface area contributed by atoms with E-state index in [0.29, 0.717) is 39.7 Å². The topological polar surface area (TPSA) is 30.5 Å². The SMILES string of the molecule is COc1cc(CNCc2ccc(F)cc2)c(Cl)cc1OCc1ccc(Cl)cc1Cl. The standard InChI is InChI=1S/C22H19Cl3FNO2/c1-28-21-8-16(12-27-11-14-2-6-18(26)7-3-14)20(25)10-22(21)29-13-15-4-5-17(23)9-19(15)24/h2-10,27H,11-13H2,1H3. The summed E-state index contributed by atoms with van der Waals surface area (Å²) in [5, 5.41) is 4.94. The summed E-state index contributed by atoms with van der Waals surface area (Å²) in [5.74, 6) is 0.834. The van der Waals surface area contributed by atoms with Gasteiger partial charge in [-0.15, -0.1) is 0 Å². The zero-order valence-corrected chi connectivity index (χ0v) is 17.9. The van der Waals surface area contributed by atoms with Crippen molar-refractivity contribution in [3.63, 3.8) is 0 Å². The van der Waals surface area contributed by atoms with Gasteiger partial charge in [-0.1, -0.05) is 53.0 Å². The monoisotopic (exact) mass is 453 g/mol. The minimum Gasteiger partial charge on any atom is -0.493 e. The van der Waals surface area contributed by atoms with Crippen molar-refractivity contribution in [2.45, 2.75) is 19.7 Å². The molecule has 0 aliphatic rings. The molecule has 3 nitrogen and oxygen atoms in total. The Morgan fingerprint density at radius 1 is 0.828 bits per heavy atom. The fourth-order valence-electron chi connectivity index (χ4n) is 2.72. The van der Waals surface area contributed by atoms with E-state index in [2.05, 4.69) is 5.32 Å². The molecule has 0 heterocycles. The number of hydrogen-bond acceptors (Lipinski definition) is 3. The van der Waals surface area contributed by atoms with E-state index < -0.39 is 0 Å². The Balaban J connectivity index is 1.65. The van der Waals surface area contributed by atoms with Crippen molar-refractivity contribution in [2.75, 3.05) is 7.11 Å². The molecule has 0 amide bonds. The second kappa shape index (κ2) is 10.2. The lowest BCUT2D eigenvalue weighted by molar-refractivity contribution is 0.284. The first kappa shape index (κ1) is 21.7. The van der Waals surface area contributed by atoms with Crippen LogP contribution in [0.2, 0.25) is 15.1 Å². The van der Waals surface area contributed by atoms with E-state index in [1.54, 1.807) is 37.4 Å². The van der Waals surface area contributed by atoms with Crippen molar-refractivity contribution in [2.24, 2.45) is 0 Å². The molecular weight excluding hydrogens is 436 g/mol. The molecule has 0 saturated carbocycles. The van der Waals surface area contributed by atoms with Crippen LogP contribution in [0.25, 0.3) is 0 Å². The molecule has 3 aromatic rings. The van der Waals surface area contributed by atoms with Crippen LogP contribution in [0.1, 0.15) is 16.7 Å². The molecule has 0 saturated heterocycles. The van der Waals surface area contributed by atoms with E-state index in [1.165, 1.54) is 12.1 Å². The minimum absolute atomic E-state index is 0.253. The van der Waals surface area contributed by atoms with Gasteiger partial charge >= 0.3 is 0 Å². The third-order valence-corrected chi connectivity index (χ3v) is 5.23. The van der Waals surface area contributed by atoms with E-state index in [0.717, 1.165) is 16.7 Å². The molecule has 3 rings (SSSR count). The van der Waals surface area contributed by atoms with Gasteiger partial charge in [-0.05, 0) is 41.5 Å². The second-order valence-electron chi connectivity index (χ2n) is 6.35. The average molecular weight is 455 g/mol. The molecule has 0 unspecified atom stereocenters. The third-order valence-electron chi connectivity index (χ3n) is 4.29. The zero-order valence-electron chi connectivity index (χ0n) is 15.6. The number of nitrogens with one attached hydrogen (secondary N) is 1. The second-order valence-corrected chi connectivity index (χ2v) is 7.60. The summed E-state index contributed by atoms with van der Waals surface area (Å²) >= 11 is 18.5. The first-order chi connectivity index (χ1) is 14.0. The fourth-order valence-corrected chi connectivity index (χ4v) is 3.41. The molecule has 3 aromatic carbocycles. The summed E-state index contributed by atoms with van der Waals surface area (Å²) in [7, 11) is 1.57. The van der Waals surface area contributed by atoms with Crippen LogP contribution >= 0.6 is 34.8 Å². The van der Waals surface area contributed by atoms with Gasteiger partial charge in [0.05, 0.1) is 7.11 Å². The molecule has 0 spiro atoms. The molecule has 152 valence electrons. The Kier molecular flexibility index (Phi) is 7.62. The average Bonchev–Trinajstić information content (AvgIpc) is 2.70. The molecule has 0 fully saturated rings. The quantitative estimate of drug-likeness (QED) is 0.412. The van der Waals surface area contributed by atoms with Crippen LogP contribution in [0.5, 0.6) is 11.5 Å². The van der Waals surface area contributed by atoms with E-state index in [4.69, 9.17) is 44.3 Å². The van der Waals surface area contributed by atoms with Crippen LogP contribution < -0.4 is 14.8 Å². The lowest BCUT2D eigenvalue weighted by atomic mass is 10.1. The predicted molar refractivity (Wildman–Crippen MR) is 116 cm³/mol. The highest BCUT2D eigenvalue weighted by molar-refractivity contribution is 6.35. The Morgan fingerprint density at radius 2 is 1.55 bits per heavy atom. The number of hydrogen-bond donors (Lipinski definition) is 1. The number of halogens is 4. The molecule has 0 aromatic heterocycles. The molecule has 0 atom stereocenters. The number of benzene rings is 3. The molecular formula is C22H19Cl3FNO2. The summed E-state index contributed by atoms with van der Waals surface area (Å²) in [4.78, 5) is 0. The summed E-state index contributed by atoms with van der Waals surface area (Å²) in [5.41, 5.74) is 2.65. The zero-order chi connectivity index (χ0) is 20.8. The van der Waals surface area contributed by atoms with Gasteiger partial charge in [-0.25, -0.2) is 4.39 Å². The molecule has 7 heteroatoms. The highest BCUT2D eigenvalue weighted by atomic mass is 35.5. The molecule has 0 radical (unpaired) electrons. The fraction of sp³-hybridized carbons (Fsp3) is 0.182. The molecule has 29 heavy (non-hydrogen) atoms. The smallest absolute Gasteiger partial charge is 0.163 e. The summed E-state index contributed by atoms with van der Waals surface area (Å²) < 4.78 is 24.3. The third kappa shape index (κ3) is 6.00. The van der Waals surface area contributed by atoms with Crippen molar-refractivity contribution >= 4 is 34.8 Å². The molecule has 0 aliphatic carbocycles. The minimum atomic E-state index is -0.253. The van der Waals surface area contributed by atoms with Crippen LogP contribution in [0.15, 0.2) is 54.6 Å². The van der Waals surface area contributed by atoms with Crippen molar-refractivity contribution < 1.29 is 13.9 Å². The van der Waals surface area contributed by atoms with E-state index in [-0.39, 0.29) is 12.4 Å². The summed E-state index contributed by atoms with van der Waals surface area (Å²) in [6.07, 6.45) is 0. The van der Waals surface area contributed by atoms with Crippen molar-refractivity contribution in [1.29, 1.82) is 0 Å². The number of methoxy groups -OCH3 is 1. The van der Waals surface area contributed by atoms with Crippen LogP contribution in [-0.4, -0.2) is 7.11 Å². The van der Waals surface area contributed by atoms with Crippen LogP contribution in [0.4, 0.5) is 4.39 Å². The maximum absolute atomic E-state index is 13.0. The lowest BCUT2D eigenvalue weighted by Crippen LogP contribution is -2.13. The highest BCUT2D eigenvalue weighted by Gasteiger charge is 2.12. The molecule has 0 aliphatic heterocycles. The van der Waals surface area contributed by atoms with E-state index in [9.17, 15) is 4.39 Å². The maximum atomic E-state index is 13.0. The maximum Gasteiger partial charge on any atom is 0.163 e. The van der Waals surface area contributed by atoms with Crippen molar-refractivity contribution in [3.8, 4) is 11.5 Å². The Bertz CT molecular complexity index is 981. The summed E-state index contributed by atoms with van der Waals surface area (Å²) in [6, 6.07) is 15.1. The Hall–Kier alpha value is -1.98. The van der Waals surface area contributed by atoms with Crippen LogP contribution in [-0.2, 0) is 19.7 Å². The van der Waals surface area contributed by atoms with Gasteiger partial charge in [0.2, 0.25) is 0 Å². The van der Waals surface area contributed by atoms with Crippen molar-refractivity contribution in [1.82, 2.24) is 5.32 Å². The van der Waals surface area contributed by atoms with Gasteiger partial charge in [0.25, 0.3) is 0 Å². The Labute approximate surface area is 184 Å². The predicted octanol–water partition coefficient (Wildman–Crippen LogP) is 6.66. The molecule has 0 bridgehead atoms. The van der Waals surface area contributed by atoms with E-state index in [1.807, 2.05) is 12.1 Å².